The molecule has 0 radical (unpaired) electrons. The largest absolute Gasteiger partial charge is 0.497 e. The lowest BCUT2D eigenvalue weighted by Crippen LogP contribution is -2.08. The molecule has 16 heavy (non-hydrogen) atoms. The number of methoxy groups -OCH3 is 1. The quantitative estimate of drug-likeness (QED) is 0.767. The summed E-state index contributed by atoms with van der Waals surface area (Å²) in [6.07, 6.45) is 1.30. The van der Waals surface area contributed by atoms with Gasteiger partial charge in [-0.3, -0.25) is 0 Å². The molecule has 0 amide bonds. The Morgan fingerprint density at radius 3 is 2.69 bits per heavy atom. The zero-order valence-electron chi connectivity index (χ0n) is 10.2. The van der Waals surface area contributed by atoms with E-state index in [9.17, 15) is 0 Å². The normalized spacial score (nSPS) is 21.6. The van der Waals surface area contributed by atoms with E-state index in [1.807, 2.05) is 18.2 Å². The van der Waals surface area contributed by atoms with Gasteiger partial charge in [-0.1, -0.05) is 13.8 Å². The summed E-state index contributed by atoms with van der Waals surface area (Å²) in [5, 5.41) is 3.40. The van der Waals surface area contributed by atoms with Crippen molar-refractivity contribution >= 4 is 11.4 Å². The SMILES string of the molecule is COc1ccc(NCC2CC2(C)C)c(N)c1. The topological polar surface area (TPSA) is 47.3 Å². The first kappa shape index (κ1) is 11.1. The number of nitrogen functional groups attached to an aromatic ring is 1. The van der Waals surface area contributed by atoms with E-state index in [4.69, 9.17) is 10.5 Å². The fourth-order valence-electron chi connectivity index (χ4n) is 1.99. The molecule has 1 aromatic carbocycles. The minimum absolute atomic E-state index is 0.508. The predicted molar refractivity (Wildman–Crippen MR) is 67.8 cm³/mol. The average Bonchev–Trinajstić information content (AvgIpc) is 2.84. The first-order valence-corrected chi connectivity index (χ1v) is 5.70. The Labute approximate surface area is 97.0 Å². The maximum absolute atomic E-state index is 5.93. The van der Waals surface area contributed by atoms with Crippen molar-refractivity contribution in [3.05, 3.63) is 18.2 Å². The number of hydrogen-bond donors (Lipinski definition) is 2. The van der Waals surface area contributed by atoms with Gasteiger partial charge in [0.2, 0.25) is 0 Å². The van der Waals surface area contributed by atoms with Crippen molar-refractivity contribution in [2.45, 2.75) is 20.3 Å². The molecule has 3 heteroatoms. The minimum atomic E-state index is 0.508. The second kappa shape index (κ2) is 3.89. The van der Waals surface area contributed by atoms with Gasteiger partial charge in [0.05, 0.1) is 18.5 Å². The Morgan fingerprint density at radius 1 is 1.50 bits per heavy atom. The summed E-state index contributed by atoms with van der Waals surface area (Å²) in [5.41, 5.74) is 8.19. The van der Waals surface area contributed by atoms with Crippen LogP contribution in [0.1, 0.15) is 20.3 Å². The third kappa shape index (κ3) is 2.23. The minimum Gasteiger partial charge on any atom is -0.497 e. The summed E-state index contributed by atoms with van der Waals surface area (Å²) >= 11 is 0. The van der Waals surface area contributed by atoms with Gasteiger partial charge in [0.1, 0.15) is 5.75 Å². The van der Waals surface area contributed by atoms with Gasteiger partial charge < -0.3 is 15.8 Å². The van der Waals surface area contributed by atoms with Crippen LogP contribution in [0.4, 0.5) is 11.4 Å². The van der Waals surface area contributed by atoms with Crippen LogP contribution in [-0.4, -0.2) is 13.7 Å². The summed E-state index contributed by atoms with van der Waals surface area (Å²) in [6, 6.07) is 5.75. The van der Waals surface area contributed by atoms with E-state index in [0.29, 0.717) is 5.41 Å². The predicted octanol–water partition coefficient (Wildman–Crippen LogP) is 2.74. The van der Waals surface area contributed by atoms with Crippen LogP contribution in [0.25, 0.3) is 0 Å². The van der Waals surface area contributed by atoms with E-state index in [2.05, 4.69) is 19.2 Å². The molecule has 1 aliphatic rings. The van der Waals surface area contributed by atoms with Gasteiger partial charge in [-0.25, -0.2) is 0 Å². The molecule has 1 saturated carbocycles. The van der Waals surface area contributed by atoms with E-state index in [-0.39, 0.29) is 0 Å². The van der Waals surface area contributed by atoms with Crippen LogP contribution < -0.4 is 15.8 Å². The Morgan fingerprint density at radius 2 is 2.19 bits per heavy atom. The Hall–Kier alpha value is -1.38. The lowest BCUT2D eigenvalue weighted by molar-refractivity contribution is 0.415. The third-order valence-corrected chi connectivity index (χ3v) is 3.52. The van der Waals surface area contributed by atoms with Gasteiger partial charge in [-0.05, 0) is 29.9 Å². The molecule has 0 saturated heterocycles. The molecule has 3 nitrogen and oxygen atoms in total. The van der Waals surface area contributed by atoms with Crippen molar-refractivity contribution in [2.24, 2.45) is 11.3 Å². The van der Waals surface area contributed by atoms with E-state index in [0.717, 1.165) is 29.6 Å². The number of rotatable bonds is 4. The summed E-state index contributed by atoms with van der Waals surface area (Å²) in [7, 11) is 1.65. The first-order valence-electron chi connectivity index (χ1n) is 5.70. The van der Waals surface area contributed by atoms with Crippen LogP contribution in [0.5, 0.6) is 5.75 Å². The van der Waals surface area contributed by atoms with Crippen molar-refractivity contribution in [1.82, 2.24) is 0 Å². The first-order chi connectivity index (χ1) is 7.53. The number of nitrogens with one attached hydrogen (secondary N) is 1. The van der Waals surface area contributed by atoms with Crippen LogP contribution in [0.15, 0.2) is 18.2 Å². The zero-order valence-corrected chi connectivity index (χ0v) is 10.2. The molecule has 1 fully saturated rings. The average molecular weight is 220 g/mol. The highest BCUT2D eigenvalue weighted by molar-refractivity contribution is 5.68. The molecule has 0 aliphatic heterocycles. The van der Waals surface area contributed by atoms with E-state index in [1.54, 1.807) is 7.11 Å². The van der Waals surface area contributed by atoms with Crippen molar-refractivity contribution < 1.29 is 4.74 Å². The van der Waals surface area contributed by atoms with Gasteiger partial charge in [0, 0.05) is 12.6 Å². The molecule has 1 atom stereocenters. The summed E-state index contributed by atoms with van der Waals surface area (Å²) in [4.78, 5) is 0. The summed E-state index contributed by atoms with van der Waals surface area (Å²) < 4.78 is 5.11. The monoisotopic (exact) mass is 220 g/mol. The standard InChI is InChI=1S/C13H20N2O/c1-13(2)7-9(13)8-15-12-5-4-10(16-3)6-11(12)14/h4-6,9,15H,7-8,14H2,1-3H3. The van der Waals surface area contributed by atoms with Crippen LogP contribution in [0, 0.1) is 11.3 Å². The van der Waals surface area contributed by atoms with Crippen LogP contribution in [0.2, 0.25) is 0 Å². The summed E-state index contributed by atoms with van der Waals surface area (Å²) in [5.74, 6) is 1.57. The number of ether oxygens (including phenoxy) is 1. The second-order valence-corrected chi connectivity index (χ2v) is 5.22. The van der Waals surface area contributed by atoms with Gasteiger partial charge >= 0.3 is 0 Å². The smallest absolute Gasteiger partial charge is 0.121 e. The molecule has 0 bridgehead atoms. The van der Waals surface area contributed by atoms with Gasteiger partial charge in [-0.2, -0.15) is 0 Å². The Balaban J connectivity index is 1.95. The lowest BCUT2D eigenvalue weighted by atomic mass is 10.1. The fraction of sp³-hybridized carbons (Fsp3) is 0.538. The highest BCUT2D eigenvalue weighted by Crippen LogP contribution is 2.51. The maximum atomic E-state index is 5.93. The molecule has 0 heterocycles. The molecule has 1 aromatic rings. The number of hydrogen-bond acceptors (Lipinski definition) is 3. The molecular formula is C13H20N2O. The van der Waals surface area contributed by atoms with Crippen LogP contribution >= 0.6 is 0 Å². The maximum Gasteiger partial charge on any atom is 0.121 e. The molecule has 0 aromatic heterocycles. The van der Waals surface area contributed by atoms with Gasteiger partial charge in [0.25, 0.3) is 0 Å². The van der Waals surface area contributed by atoms with Crippen molar-refractivity contribution in [3.63, 3.8) is 0 Å². The number of nitrogens with two attached hydrogens (primary N) is 1. The van der Waals surface area contributed by atoms with E-state index in [1.165, 1.54) is 6.42 Å². The van der Waals surface area contributed by atoms with Crippen molar-refractivity contribution in [1.29, 1.82) is 0 Å². The highest BCUT2D eigenvalue weighted by atomic mass is 16.5. The van der Waals surface area contributed by atoms with Crippen molar-refractivity contribution in [3.8, 4) is 5.75 Å². The molecule has 2 rings (SSSR count). The third-order valence-electron chi connectivity index (χ3n) is 3.52. The van der Waals surface area contributed by atoms with E-state index < -0.39 is 0 Å². The number of anilines is 2. The molecule has 0 spiro atoms. The van der Waals surface area contributed by atoms with Crippen molar-refractivity contribution in [2.75, 3.05) is 24.7 Å². The molecule has 1 unspecified atom stereocenters. The van der Waals surface area contributed by atoms with Crippen LogP contribution in [0.3, 0.4) is 0 Å². The van der Waals surface area contributed by atoms with Crippen LogP contribution in [-0.2, 0) is 0 Å². The van der Waals surface area contributed by atoms with E-state index >= 15 is 0 Å². The summed E-state index contributed by atoms with van der Waals surface area (Å²) in [6.45, 7) is 5.61. The Bertz CT molecular complexity index is 388. The zero-order chi connectivity index (χ0) is 11.8. The molecule has 3 N–H and O–H groups in total. The Kier molecular flexibility index (Phi) is 2.70. The van der Waals surface area contributed by atoms with Gasteiger partial charge in [0.15, 0.2) is 0 Å². The van der Waals surface area contributed by atoms with Gasteiger partial charge in [-0.15, -0.1) is 0 Å². The second-order valence-electron chi connectivity index (χ2n) is 5.22. The highest BCUT2D eigenvalue weighted by Gasteiger charge is 2.44. The fourth-order valence-corrected chi connectivity index (χ4v) is 1.99. The number of benzene rings is 1. The molecule has 1 aliphatic carbocycles. The molecular weight excluding hydrogens is 200 g/mol. The lowest BCUT2D eigenvalue weighted by Gasteiger charge is -2.11. The molecule has 88 valence electrons.